The van der Waals surface area contributed by atoms with E-state index in [0.717, 1.165) is 4.90 Å². The fourth-order valence-electron chi connectivity index (χ4n) is 1.83. The smallest absolute Gasteiger partial charge is 0.408 e. The molecular weight excluding hydrogens is 246 g/mol. The predicted octanol–water partition coefficient (Wildman–Crippen LogP) is -0.371. The van der Waals surface area contributed by atoms with Crippen molar-refractivity contribution in [2.75, 3.05) is 27.1 Å². The van der Waals surface area contributed by atoms with Gasteiger partial charge < -0.3 is 19.7 Å². The molecule has 1 aliphatic heterocycles. The Hall–Kier alpha value is -1.67. The fourth-order valence-corrected chi connectivity index (χ4v) is 1.83. The predicted molar refractivity (Wildman–Crippen MR) is 57.1 cm³/mol. The van der Waals surface area contributed by atoms with Crippen molar-refractivity contribution < 1.29 is 34.1 Å². The molecule has 2 atom stereocenters. The molecule has 8 nitrogen and oxygen atoms in total. The molecule has 18 heavy (non-hydrogen) atoms. The van der Waals surface area contributed by atoms with Gasteiger partial charge in [0.05, 0.1) is 19.2 Å². The van der Waals surface area contributed by atoms with Crippen LogP contribution in [0.4, 0.5) is 4.79 Å². The first-order valence-electron chi connectivity index (χ1n) is 5.29. The molecule has 2 N–H and O–H groups in total. The third-order valence-corrected chi connectivity index (χ3v) is 2.72. The van der Waals surface area contributed by atoms with Crippen LogP contribution >= 0.6 is 0 Å². The van der Waals surface area contributed by atoms with Crippen LogP contribution in [0.3, 0.4) is 0 Å². The summed E-state index contributed by atoms with van der Waals surface area (Å²) in [6.45, 7) is -0.444. The number of ketones is 1. The number of likely N-dealkylation sites (tertiary alicyclic amines) is 1. The number of rotatable bonds is 5. The number of amides is 1. The van der Waals surface area contributed by atoms with Gasteiger partial charge in [0, 0.05) is 7.11 Å². The van der Waals surface area contributed by atoms with Crippen LogP contribution in [-0.2, 0) is 19.1 Å². The Kier molecular flexibility index (Phi) is 5.05. The summed E-state index contributed by atoms with van der Waals surface area (Å²) in [5.41, 5.74) is 0. The lowest BCUT2D eigenvalue weighted by Crippen LogP contribution is -2.53. The van der Waals surface area contributed by atoms with Gasteiger partial charge in [-0.2, -0.15) is 0 Å². The van der Waals surface area contributed by atoms with E-state index in [1.807, 2.05) is 0 Å². The lowest BCUT2D eigenvalue weighted by molar-refractivity contribution is -0.150. The van der Waals surface area contributed by atoms with Crippen LogP contribution in [0.5, 0.6) is 0 Å². The van der Waals surface area contributed by atoms with Crippen molar-refractivity contribution in [2.45, 2.75) is 12.5 Å². The van der Waals surface area contributed by atoms with E-state index in [9.17, 15) is 14.4 Å². The zero-order valence-corrected chi connectivity index (χ0v) is 9.87. The minimum absolute atomic E-state index is 0.00278. The maximum atomic E-state index is 11.5. The number of hydrogen-bond donors (Lipinski definition) is 2. The summed E-state index contributed by atoms with van der Waals surface area (Å²) in [6.07, 6.45) is -1.34. The van der Waals surface area contributed by atoms with Gasteiger partial charge >= 0.3 is 12.1 Å². The molecule has 8 heteroatoms. The highest BCUT2D eigenvalue weighted by molar-refractivity contribution is 6.01. The third kappa shape index (κ3) is 3.41. The number of aliphatic carboxylic acids is 1. The first kappa shape index (κ1) is 14.4. The van der Waals surface area contributed by atoms with Gasteiger partial charge in [-0.15, -0.1) is 0 Å². The molecule has 0 spiro atoms. The largest absolute Gasteiger partial charge is 0.481 e. The highest BCUT2D eigenvalue weighted by Gasteiger charge is 2.40. The lowest BCUT2D eigenvalue weighted by Gasteiger charge is -2.35. The monoisotopic (exact) mass is 261 g/mol. The molecule has 0 aromatic heterocycles. The number of hydrogen-bond acceptors (Lipinski definition) is 5. The van der Waals surface area contributed by atoms with E-state index in [0.29, 0.717) is 0 Å². The maximum Gasteiger partial charge on any atom is 0.408 e. The van der Waals surface area contributed by atoms with Gasteiger partial charge in [0.25, 0.3) is 0 Å². The molecule has 0 aliphatic carbocycles. The molecule has 1 saturated heterocycles. The van der Waals surface area contributed by atoms with E-state index in [2.05, 4.69) is 4.74 Å². The molecule has 1 rings (SSSR count). The molecule has 0 aromatic rings. The summed E-state index contributed by atoms with van der Waals surface area (Å²) in [5.74, 6) is -3.01. The number of piperidine rings is 1. The van der Waals surface area contributed by atoms with E-state index in [1.54, 1.807) is 0 Å². The van der Waals surface area contributed by atoms with Gasteiger partial charge in [-0.05, 0) is 6.42 Å². The van der Waals surface area contributed by atoms with Crippen molar-refractivity contribution in [3.05, 3.63) is 0 Å². The van der Waals surface area contributed by atoms with Crippen molar-refractivity contribution in [2.24, 2.45) is 5.92 Å². The van der Waals surface area contributed by atoms with Gasteiger partial charge in [0.15, 0.2) is 5.78 Å². The second-order valence-electron chi connectivity index (χ2n) is 3.93. The minimum atomic E-state index is -1.27. The molecule has 1 amide bonds. The SMILES string of the molecule is COCOC[C@H]1CC(C(=O)O)C(=O)CN1C(=O)O. The van der Waals surface area contributed by atoms with Crippen LogP contribution in [0.25, 0.3) is 0 Å². The zero-order valence-electron chi connectivity index (χ0n) is 9.87. The number of nitrogens with zero attached hydrogens (tertiary/aromatic N) is 1. The Morgan fingerprint density at radius 3 is 2.61 bits per heavy atom. The third-order valence-electron chi connectivity index (χ3n) is 2.72. The summed E-state index contributed by atoms with van der Waals surface area (Å²) in [7, 11) is 1.42. The Bertz CT molecular complexity index is 343. The first-order valence-corrected chi connectivity index (χ1v) is 5.29. The highest BCUT2D eigenvalue weighted by Crippen LogP contribution is 2.21. The summed E-state index contributed by atoms with van der Waals surface area (Å²) in [6, 6.07) is -0.656. The molecule has 102 valence electrons. The molecule has 1 fully saturated rings. The van der Waals surface area contributed by atoms with Crippen LogP contribution in [0.15, 0.2) is 0 Å². The summed E-state index contributed by atoms with van der Waals surface area (Å²) < 4.78 is 9.69. The highest BCUT2D eigenvalue weighted by atomic mass is 16.7. The molecule has 0 saturated carbocycles. The second kappa shape index (κ2) is 6.31. The summed E-state index contributed by atoms with van der Waals surface area (Å²) in [4.78, 5) is 34.2. The van der Waals surface area contributed by atoms with Gasteiger partial charge in [-0.25, -0.2) is 4.79 Å². The molecule has 1 heterocycles. The number of carbonyl (C=O) groups excluding carboxylic acids is 1. The van der Waals surface area contributed by atoms with Crippen LogP contribution in [0, 0.1) is 5.92 Å². The van der Waals surface area contributed by atoms with E-state index in [-0.39, 0.29) is 19.8 Å². The average molecular weight is 261 g/mol. The Morgan fingerprint density at radius 1 is 1.44 bits per heavy atom. The fraction of sp³-hybridized carbons (Fsp3) is 0.700. The summed E-state index contributed by atoms with van der Waals surface area (Å²) >= 11 is 0. The van der Waals surface area contributed by atoms with E-state index >= 15 is 0 Å². The van der Waals surface area contributed by atoms with Crippen molar-refractivity contribution in [1.82, 2.24) is 4.90 Å². The number of methoxy groups -OCH3 is 1. The molecule has 0 radical (unpaired) electrons. The van der Waals surface area contributed by atoms with Crippen molar-refractivity contribution in [1.29, 1.82) is 0 Å². The van der Waals surface area contributed by atoms with Gasteiger partial charge in [-0.3, -0.25) is 14.5 Å². The van der Waals surface area contributed by atoms with E-state index in [4.69, 9.17) is 14.9 Å². The topological polar surface area (TPSA) is 113 Å². The molecule has 0 aromatic carbocycles. The standard InChI is InChI=1S/C10H15NO7/c1-17-5-18-4-6-2-7(9(13)14)8(12)3-11(6)10(15)16/h6-7H,2-5H2,1H3,(H,13,14)(H,15,16)/t6-,7?/m1/s1. The Labute approximate surface area is 103 Å². The van der Waals surface area contributed by atoms with Gasteiger partial charge in [0.2, 0.25) is 0 Å². The number of carboxylic acids is 1. The van der Waals surface area contributed by atoms with Gasteiger partial charge in [0.1, 0.15) is 12.7 Å². The number of carboxylic acid groups (broad SMARTS) is 2. The molecule has 1 aliphatic rings. The Balaban J connectivity index is 2.71. The average Bonchev–Trinajstić information content (AvgIpc) is 2.30. The number of carbonyl (C=O) groups is 3. The van der Waals surface area contributed by atoms with Crippen LogP contribution in [-0.4, -0.2) is 66.1 Å². The van der Waals surface area contributed by atoms with Crippen molar-refractivity contribution >= 4 is 17.8 Å². The molecular formula is C10H15NO7. The quantitative estimate of drug-likeness (QED) is 0.394. The molecule has 0 bridgehead atoms. The van der Waals surface area contributed by atoms with E-state index in [1.165, 1.54) is 7.11 Å². The van der Waals surface area contributed by atoms with Crippen molar-refractivity contribution in [3.8, 4) is 0 Å². The maximum absolute atomic E-state index is 11.5. The lowest BCUT2D eigenvalue weighted by atomic mass is 9.90. The summed E-state index contributed by atoms with van der Waals surface area (Å²) in [5, 5.41) is 17.8. The minimum Gasteiger partial charge on any atom is -0.481 e. The zero-order chi connectivity index (χ0) is 13.7. The van der Waals surface area contributed by atoms with E-state index < -0.39 is 36.4 Å². The second-order valence-corrected chi connectivity index (χ2v) is 3.93. The van der Waals surface area contributed by atoms with Gasteiger partial charge in [-0.1, -0.05) is 0 Å². The Morgan fingerprint density at radius 2 is 2.11 bits per heavy atom. The van der Waals surface area contributed by atoms with Crippen LogP contribution in [0.1, 0.15) is 6.42 Å². The number of Topliss-reactive ketones (excluding diaryl/α,β-unsaturated/α-hetero) is 1. The van der Waals surface area contributed by atoms with Crippen LogP contribution < -0.4 is 0 Å². The normalized spacial score (nSPS) is 24.1. The first-order chi connectivity index (χ1) is 8.47. The van der Waals surface area contributed by atoms with Crippen LogP contribution in [0.2, 0.25) is 0 Å². The molecule has 1 unspecified atom stereocenters. The number of ether oxygens (including phenoxy) is 2. The van der Waals surface area contributed by atoms with Crippen molar-refractivity contribution in [3.63, 3.8) is 0 Å².